The second-order valence-electron chi connectivity index (χ2n) is 7.03. The third-order valence-electron chi connectivity index (χ3n) is 4.75. The van der Waals surface area contributed by atoms with Gasteiger partial charge < -0.3 is 14.6 Å². The highest BCUT2D eigenvalue weighted by Crippen LogP contribution is 2.24. The first kappa shape index (κ1) is 21.2. The standard InChI is InChI=1S/C22H30O5/c1-17(23)26-20(19-16-21(24)27-22(19)25)15-11-6-4-2-3-5-8-12-18-13-9-7-10-14-18/h7,9-10,13-14,16,20,22,25H,2-6,8,11-12,15H2,1H3. The number of carbonyl (C=O) groups is 2. The Hall–Kier alpha value is -2.14. The molecule has 27 heavy (non-hydrogen) atoms. The van der Waals surface area contributed by atoms with E-state index < -0.39 is 24.3 Å². The summed E-state index contributed by atoms with van der Waals surface area (Å²) in [7, 11) is 0. The molecule has 1 aromatic carbocycles. The molecule has 0 aliphatic carbocycles. The summed E-state index contributed by atoms with van der Waals surface area (Å²) in [4.78, 5) is 22.5. The maximum absolute atomic E-state index is 11.3. The molecule has 0 spiro atoms. The van der Waals surface area contributed by atoms with Crippen LogP contribution in [0.4, 0.5) is 0 Å². The molecule has 2 unspecified atom stereocenters. The van der Waals surface area contributed by atoms with Crippen molar-refractivity contribution in [1.29, 1.82) is 0 Å². The van der Waals surface area contributed by atoms with E-state index in [1.807, 2.05) is 6.07 Å². The summed E-state index contributed by atoms with van der Waals surface area (Å²) >= 11 is 0. The van der Waals surface area contributed by atoms with Crippen LogP contribution >= 0.6 is 0 Å². The molecule has 5 nitrogen and oxygen atoms in total. The molecule has 2 rings (SSSR count). The predicted molar refractivity (Wildman–Crippen MR) is 103 cm³/mol. The molecule has 1 aliphatic rings. The van der Waals surface area contributed by atoms with Crippen LogP contribution in [0, 0.1) is 0 Å². The van der Waals surface area contributed by atoms with Gasteiger partial charge in [0.1, 0.15) is 6.10 Å². The zero-order chi connectivity index (χ0) is 19.5. The number of hydrogen-bond donors (Lipinski definition) is 1. The van der Waals surface area contributed by atoms with E-state index in [1.165, 1.54) is 44.2 Å². The number of hydrogen-bond acceptors (Lipinski definition) is 5. The van der Waals surface area contributed by atoms with Crippen molar-refractivity contribution in [2.45, 2.75) is 77.1 Å². The van der Waals surface area contributed by atoms with E-state index >= 15 is 0 Å². The van der Waals surface area contributed by atoms with Crippen molar-refractivity contribution in [1.82, 2.24) is 0 Å². The minimum absolute atomic E-state index is 0.344. The molecule has 1 heterocycles. The van der Waals surface area contributed by atoms with Crippen LogP contribution in [-0.2, 0) is 25.5 Å². The number of carbonyl (C=O) groups excluding carboxylic acids is 2. The number of esters is 2. The molecule has 1 aliphatic heterocycles. The Labute approximate surface area is 161 Å². The molecule has 2 atom stereocenters. The highest BCUT2D eigenvalue weighted by molar-refractivity contribution is 5.86. The van der Waals surface area contributed by atoms with Crippen molar-refractivity contribution in [2.24, 2.45) is 0 Å². The lowest BCUT2D eigenvalue weighted by molar-refractivity contribution is -0.153. The molecule has 0 saturated heterocycles. The number of ether oxygens (including phenoxy) is 2. The Kier molecular flexibility index (Phi) is 9.05. The van der Waals surface area contributed by atoms with Gasteiger partial charge in [-0.1, -0.05) is 62.4 Å². The van der Waals surface area contributed by atoms with E-state index in [0.717, 1.165) is 25.7 Å². The molecule has 148 valence electrons. The van der Waals surface area contributed by atoms with Crippen molar-refractivity contribution >= 4 is 11.9 Å². The second kappa shape index (κ2) is 11.5. The number of unbranched alkanes of at least 4 members (excludes halogenated alkanes) is 6. The first-order valence-electron chi connectivity index (χ1n) is 9.87. The third-order valence-corrected chi connectivity index (χ3v) is 4.75. The highest BCUT2D eigenvalue weighted by atomic mass is 16.6. The summed E-state index contributed by atoms with van der Waals surface area (Å²) < 4.78 is 9.94. The van der Waals surface area contributed by atoms with E-state index in [1.54, 1.807) is 0 Å². The molecule has 0 saturated carbocycles. The van der Waals surface area contributed by atoms with E-state index in [9.17, 15) is 14.7 Å². The van der Waals surface area contributed by atoms with Gasteiger partial charge in [-0.2, -0.15) is 0 Å². The number of benzene rings is 1. The molecular formula is C22H30O5. The number of aliphatic hydroxyl groups is 1. The Balaban J connectivity index is 1.56. The van der Waals surface area contributed by atoms with E-state index in [2.05, 4.69) is 29.0 Å². The zero-order valence-corrected chi connectivity index (χ0v) is 16.1. The fraction of sp³-hybridized carbons (Fsp3) is 0.545. The van der Waals surface area contributed by atoms with Crippen LogP contribution in [0.5, 0.6) is 0 Å². The fourth-order valence-corrected chi connectivity index (χ4v) is 3.35. The highest BCUT2D eigenvalue weighted by Gasteiger charge is 2.31. The van der Waals surface area contributed by atoms with Gasteiger partial charge in [-0.15, -0.1) is 0 Å². The summed E-state index contributed by atoms with van der Waals surface area (Å²) in [6.45, 7) is 1.33. The van der Waals surface area contributed by atoms with Crippen molar-refractivity contribution in [2.75, 3.05) is 0 Å². The molecule has 0 bridgehead atoms. The maximum Gasteiger partial charge on any atom is 0.333 e. The van der Waals surface area contributed by atoms with Crippen molar-refractivity contribution < 1.29 is 24.2 Å². The summed E-state index contributed by atoms with van der Waals surface area (Å²) in [5.41, 5.74) is 1.75. The monoisotopic (exact) mass is 374 g/mol. The van der Waals surface area contributed by atoms with Crippen LogP contribution in [-0.4, -0.2) is 29.4 Å². The van der Waals surface area contributed by atoms with Gasteiger partial charge in [-0.05, 0) is 31.2 Å². The molecule has 1 N–H and O–H groups in total. The molecule has 0 aromatic heterocycles. The number of aryl methyl sites for hydroxylation is 1. The minimum atomic E-state index is -1.30. The summed E-state index contributed by atoms with van der Waals surface area (Å²) in [6, 6.07) is 10.6. The summed E-state index contributed by atoms with van der Waals surface area (Å²) in [5.74, 6) is -1.02. The van der Waals surface area contributed by atoms with E-state index in [-0.39, 0.29) is 0 Å². The molecular weight excluding hydrogens is 344 g/mol. The lowest BCUT2D eigenvalue weighted by Gasteiger charge is -2.19. The van der Waals surface area contributed by atoms with Crippen LogP contribution in [0.25, 0.3) is 0 Å². The van der Waals surface area contributed by atoms with Crippen LogP contribution in [0.3, 0.4) is 0 Å². The second-order valence-corrected chi connectivity index (χ2v) is 7.03. The normalized spacial score (nSPS) is 17.3. The topological polar surface area (TPSA) is 72.8 Å². The number of cyclic esters (lactones) is 1. The number of rotatable bonds is 12. The summed E-state index contributed by atoms with van der Waals surface area (Å²) in [5, 5.41) is 9.75. The first-order valence-corrected chi connectivity index (χ1v) is 9.87. The zero-order valence-electron chi connectivity index (χ0n) is 16.1. The van der Waals surface area contributed by atoms with Gasteiger partial charge in [0.2, 0.25) is 6.29 Å². The molecule has 0 fully saturated rings. The van der Waals surface area contributed by atoms with Crippen LogP contribution < -0.4 is 0 Å². The SMILES string of the molecule is CC(=O)OC(CCCCCCCCCc1ccccc1)C1=CC(=O)OC1O. The lowest BCUT2D eigenvalue weighted by Crippen LogP contribution is -2.25. The van der Waals surface area contributed by atoms with Crippen LogP contribution in [0.1, 0.15) is 63.9 Å². The van der Waals surface area contributed by atoms with Gasteiger partial charge in [0, 0.05) is 18.6 Å². The van der Waals surface area contributed by atoms with Crippen molar-refractivity contribution in [3.63, 3.8) is 0 Å². The molecule has 1 aromatic rings. The molecule has 0 radical (unpaired) electrons. The van der Waals surface area contributed by atoms with Gasteiger partial charge in [0.15, 0.2) is 0 Å². The van der Waals surface area contributed by atoms with Crippen LogP contribution in [0.15, 0.2) is 42.0 Å². The van der Waals surface area contributed by atoms with Gasteiger partial charge in [0.05, 0.1) is 0 Å². The Bertz CT molecular complexity index is 623. The Morgan fingerprint density at radius 1 is 1.07 bits per heavy atom. The summed E-state index contributed by atoms with van der Waals surface area (Å²) in [6.07, 6.45) is 9.00. The minimum Gasteiger partial charge on any atom is -0.458 e. The number of aliphatic hydroxyl groups excluding tert-OH is 1. The Morgan fingerprint density at radius 2 is 1.70 bits per heavy atom. The first-order chi connectivity index (χ1) is 13.1. The van der Waals surface area contributed by atoms with Crippen molar-refractivity contribution in [3.05, 3.63) is 47.5 Å². The third kappa shape index (κ3) is 7.95. The Morgan fingerprint density at radius 3 is 2.30 bits per heavy atom. The molecule has 5 heteroatoms. The average molecular weight is 374 g/mol. The van der Waals surface area contributed by atoms with Gasteiger partial charge in [-0.25, -0.2) is 4.79 Å². The largest absolute Gasteiger partial charge is 0.458 e. The smallest absolute Gasteiger partial charge is 0.333 e. The average Bonchev–Trinajstić information content (AvgIpc) is 2.98. The van der Waals surface area contributed by atoms with Gasteiger partial charge >= 0.3 is 11.9 Å². The fourth-order valence-electron chi connectivity index (χ4n) is 3.35. The van der Waals surface area contributed by atoms with E-state index in [4.69, 9.17) is 4.74 Å². The lowest BCUT2D eigenvalue weighted by atomic mass is 10.0. The van der Waals surface area contributed by atoms with Crippen LogP contribution in [0.2, 0.25) is 0 Å². The predicted octanol–water partition coefficient (Wildman–Crippen LogP) is 4.08. The quantitative estimate of drug-likeness (QED) is 0.441. The molecule has 0 amide bonds. The van der Waals surface area contributed by atoms with Crippen molar-refractivity contribution in [3.8, 4) is 0 Å². The van der Waals surface area contributed by atoms with E-state index in [0.29, 0.717) is 12.0 Å². The van der Waals surface area contributed by atoms with Gasteiger partial charge in [-0.3, -0.25) is 4.79 Å². The van der Waals surface area contributed by atoms with Gasteiger partial charge in [0.25, 0.3) is 0 Å². The maximum atomic E-state index is 11.3.